The van der Waals surface area contributed by atoms with E-state index in [1.807, 2.05) is 30.5 Å². The molecule has 7 heteroatoms. The molecule has 1 aliphatic heterocycles. The largest absolute Gasteiger partial charge is 0.493 e. The van der Waals surface area contributed by atoms with Crippen LogP contribution in [0.5, 0.6) is 5.75 Å². The quantitative estimate of drug-likeness (QED) is 0.416. The summed E-state index contributed by atoms with van der Waals surface area (Å²) < 4.78 is 7.54. The summed E-state index contributed by atoms with van der Waals surface area (Å²) in [5.74, 6) is 0.776. The highest BCUT2D eigenvalue weighted by molar-refractivity contribution is 6.30. The van der Waals surface area contributed by atoms with Gasteiger partial charge >= 0.3 is 0 Å². The minimum Gasteiger partial charge on any atom is -0.493 e. The Morgan fingerprint density at radius 1 is 1.07 bits per heavy atom. The van der Waals surface area contributed by atoms with E-state index in [0.717, 1.165) is 68.1 Å². The summed E-state index contributed by atoms with van der Waals surface area (Å²) in [5.41, 5.74) is 2.60. The van der Waals surface area contributed by atoms with Gasteiger partial charge < -0.3 is 9.64 Å². The zero-order valence-corrected chi connectivity index (χ0v) is 17.1. The van der Waals surface area contributed by atoms with Crippen molar-refractivity contribution in [3.8, 4) is 5.75 Å². The standard InChI is InChI=1S/C22H25ClN4O2/c23-19-3-5-20(6-4-19)26-12-10-25(11-13-26)8-1-2-14-29-21-7-9-27-22(15-21)18(17-28)16-24-27/h3-7,9,15-17H,1-2,8,10-14H2. The summed E-state index contributed by atoms with van der Waals surface area (Å²) in [4.78, 5) is 16.0. The molecule has 6 nitrogen and oxygen atoms in total. The Bertz CT molecular complexity index is 949. The number of anilines is 1. The van der Waals surface area contributed by atoms with E-state index in [4.69, 9.17) is 16.3 Å². The van der Waals surface area contributed by atoms with Gasteiger partial charge in [-0.3, -0.25) is 9.69 Å². The van der Waals surface area contributed by atoms with Crippen molar-refractivity contribution >= 4 is 29.1 Å². The Morgan fingerprint density at radius 3 is 2.62 bits per heavy atom. The van der Waals surface area contributed by atoms with E-state index in [1.165, 1.54) is 5.69 Å². The Labute approximate surface area is 175 Å². The minimum absolute atomic E-state index is 0.577. The van der Waals surface area contributed by atoms with Gasteiger partial charge in [-0.1, -0.05) is 11.6 Å². The lowest BCUT2D eigenvalue weighted by Crippen LogP contribution is -2.46. The molecule has 2 aromatic heterocycles. The molecule has 152 valence electrons. The topological polar surface area (TPSA) is 50.1 Å². The van der Waals surface area contributed by atoms with Crippen molar-refractivity contribution in [3.05, 3.63) is 59.4 Å². The Kier molecular flexibility index (Phi) is 6.32. The number of fused-ring (bicyclic) bond motifs is 1. The third-order valence-electron chi connectivity index (χ3n) is 5.35. The van der Waals surface area contributed by atoms with Gasteiger partial charge in [-0.15, -0.1) is 0 Å². The average molecular weight is 413 g/mol. The number of benzene rings is 1. The zero-order chi connectivity index (χ0) is 20.1. The molecule has 4 rings (SSSR count). The first-order valence-corrected chi connectivity index (χ1v) is 10.4. The number of pyridine rings is 1. The second-order valence-corrected chi connectivity index (χ2v) is 7.71. The summed E-state index contributed by atoms with van der Waals surface area (Å²) in [5, 5.41) is 4.92. The molecule has 1 aromatic carbocycles. The Balaban J connectivity index is 1.16. The van der Waals surface area contributed by atoms with Crippen LogP contribution in [0.3, 0.4) is 0 Å². The van der Waals surface area contributed by atoms with Crippen LogP contribution in [0.1, 0.15) is 23.2 Å². The van der Waals surface area contributed by atoms with Gasteiger partial charge in [0.2, 0.25) is 0 Å². The molecule has 0 unspecified atom stereocenters. The second-order valence-electron chi connectivity index (χ2n) is 7.27. The van der Waals surface area contributed by atoms with Crippen molar-refractivity contribution in [1.29, 1.82) is 0 Å². The van der Waals surface area contributed by atoms with Crippen molar-refractivity contribution in [1.82, 2.24) is 14.5 Å². The van der Waals surface area contributed by atoms with Crippen molar-refractivity contribution in [2.45, 2.75) is 12.8 Å². The molecular formula is C22H25ClN4O2. The highest BCUT2D eigenvalue weighted by Gasteiger charge is 2.16. The van der Waals surface area contributed by atoms with Gasteiger partial charge in [0.25, 0.3) is 0 Å². The Hall–Kier alpha value is -2.57. The Morgan fingerprint density at radius 2 is 1.86 bits per heavy atom. The lowest BCUT2D eigenvalue weighted by molar-refractivity contribution is 0.112. The molecule has 0 radical (unpaired) electrons. The number of halogens is 1. The molecule has 0 N–H and O–H groups in total. The van der Waals surface area contributed by atoms with Crippen LogP contribution < -0.4 is 9.64 Å². The molecule has 1 saturated heterocycles. The third kappa shape index (κ3) is 4.89. The number of hydrogen-bond acceptors (Lipinski definition) is 5. The molecule has 0 spiro atoms. The molecule has 3 aromatic rings. The predicted molar refractivity (Wildman–Crippen MR) is 115 cm³/mol. The number of aromatic nitrogens is 2. The van der Waals surface area contributed by atoms with Crippen LogP contribution in [-0.4, -0.2) is 60.1 Å². The molecule has 29 heavy (non-hydrogen) atoms. The number of piperazine rings is 1. The lowest BCUT2D eigenvalue weighted by Gasteiger charge is -2.36. The van der Waals surface area contributed by atoms with E-state index in [2.05, 4.69) is 27.0 Å². The summed E-state index contributed by atoms with van der Waals surface area (Å²) in [6.07, 6.45) is 6.31. The van der Waals surface area contributed by atoms with E-state index in [1.54, 1.807) is 10.7 Å². The van der Waals surface area contributed by atoms with E-state index in [0.29, 0.717) is 12.2 Å². The number of aldehydes is 1. The highest BCUT2D eigenvalue weighted by Crippen LogP contribution is 2.20. The van der Waals surface area contributed by atoms with Gasteiger partial charge in [0.15, 0.2) is 6.29 Å². The first-order chi connectivity index (χ1) is 14.2. The molecule has 1 fully saturated rings. The first kappa shape index (κ1) is 19.7. The van der Waals surface area contributed by atoms with Gasteiger partial charge in [0, 0.05) is 49.2 Å². The van der Waals surface area contributed by atoms with Crippen molar-refractivity contribution < 1.29 is 9.53 Å². The summed E-state index contributed by atoms with van der Waals surface area (Å²) in [6, 6.07) is 11.8. The fraction of sp³-hybridized carbons (Fsp3) is 0.364. The fourth-order valence-electron chi connectivity index (χ4n) is 3.67. The van der Waals surface area contributed by atoms with Gasteiger partial charge in [-0.2, -0.15) is 5.10 Å². The summed E-state index contributed by atoms with van der Waals surface area (Å²) in [6.45, 7) is 6.01. The minimum atomic E-state index is 0.577. The molecule has 0 saturated carbocycles. The van der Waals surface area contributed by atoms with Gasteiger partial charge in [0.05, 0.1) is 23.9 Å². The molecular weight excluding hydrogens is 388 g/mol. The maximum Gasteiger partial charge on any atom is 0.153 e. The summed E-state index contributed by atoms with van der Waals surface area (Å²) in [7, 11) is 0. The average Bonchev–Trinajstić information content (AvgIpc) is 3.17. The van der Waals surface area contributed by atoms with Gasteiger partial charge in [-0.25, -0.2) is 4.52 Å². The third-order valence-corrected chi connectivity index (χ3v) is 5.60. The number of ether oxygens (including phenoxy) is 1. The fourth-order valence-corrected chi connectivity index (χ4v) is 3.80. The maximum atomic E-state index is 11.0. The van der Waals surface area contributed by atoms with E-state index < -0.39 is 0 Å². The van der Waals surface area contributed by atoms with Crippen molar-refractivity contribution in [2.24, 2.45) is 0 Å². The summed E-state index contributed by atoms with van der Waals surface area (Å²) >= 11 is 5.98. The smallest absolute Gasteiger partial charge is 0.153 e. The van der Waals surface area contributed by atoms with Crippen LogP contribution in [0.15, 0.2) is 48.8 Å². The normalized spacial score (nSPS) is 15.0. The van der Waals surface area contributed by atoms with Crippen molar-refractivity contribution in [3.63, 3.8) is 0 Å². The molecule has 1 aliphatic rings. The number of hydrogen-bond donors (Lipinski definition) is 0. The van der Waals surface area contributed by atoms with Crippen LogP contribution >= 0.6 is 11.6 Å². The number of rotatable bonds is 8. The van der Waals surface area contributed by atoms with Crippen LogP contribution in [0, 0.1) is 0 Å². The zero-order valence-electron chi connectivity index (χ0n) is 16.3. The monoisotopic (exact) mass is 412 g/mol. The SMILES string of the molecule is O=Cc1cnn2ccc(OCCCCN3CCN(c4ccc(Cl)cc4)CC3)cc12. The van der Waals surface area contributed by atoms with E-state index in [9.17, 15) is 4.79 Å². The van der Waals surface area contributed by atoms with Gasteiger partial charge in [-0.05, 0) is 49.7 Å². The number of nitrogens with zero attached hydrogens (tertiary/aromatic N) is 4. The van der Waals surface area contributed by atoms with Crippen LogP contribution in [0.2, 0.25) is 5.02 Å². The number of carbonyl (C=O) groups is 1. The van der Waals surface area contributed by atoms with Crippen molar-refractivity contribution in [2.75, 3.05) is 44.2 Å². The second kappa shape index (κ2) is 9.29. The lowest BCUT2D eigenvalue weighted by atomic mass is 10.2. The van der Waals surface area contributed by atoms with Crippen LogP contribution in [0.4, 0.5) is 5.69 Å². The number of unbranched alkanes of at least 4 members (excludes halogenated alkanes) is 1. The van der Waals surface area contributed by atoms with Crippen LogP contribution in [-0.2, 0) is 0 Å². The molecule has 0 atom stereocenters. The van der Waals surface area contributed by atoms with E-state index >= 15 is 0 Å². The van der Waals surface area contributed by atoms with Crippen LogP contribution in [0.25, 0.3) is 5.52 Å². The predicted octanol–water partition coefficient (Wildman–Crippen LogP) is 3.78. The van der Waals surface area contributed by atoms with E-state index in [-0.39, 0.29) is 0 Å². The maximum absolute atomic E-state index is 11.0. The highest BCUT2D eigenvalue weighted by atomic mass is 35.5. The first-order valence-electron chi connectivity index (χ1n) is 10.0. The number of carbonyl (C=O) groups excluding carboxylic acids is 1. The molecule has 0 amide bonds. The molecule has 0 aliphatic carbocycles. The van der Waals surface area contributed by atoms with Gasteiger partial charge in [0.1, 0.15) is 5.75 Å². The molecule has 0 bridgehead atoms. The molecule has 3 heterocycles.